The van der Waals surface area contributed by atoms with Gasteiger partial charge < -0.3 is 0 Å². The first-order chi connectivity index (χ1) is 6.22. The lowest BCUT2D eigenvalue weighted by Crippen LogP contribution is -1.72. The first-order valence-electron chi connectivity index (χ1n) is 3.67. The van der Waals surface area contributed by atoms with Gasteiger partial charge >= 0.3 is 0 Å². The van der Waals surface area contributed by atoms with Crippen molar-refractivity contribution in [1.29, 1.82) is 0 Å². The Morgan fingerprint density at radius 1 is 1.46 bits per heavy atom. The lowest BCUT2D eigenvalue weighted by Gasteiger charge is -1.94. The van der Waals surface area contributed by atoms with Crippen molar-refractivity contribution >= 4 is 45.8 Å². The Balaban J connectivity index is 2.80. The Hall–Kier alpha value is -0.190. The zero-order valence-electron chi connectivity index (χ0n) is 6.87. The minimum Gasteiger partial charge on any atom is -0.207 e. The van der Waals surface area contributed by atoms with Gasteiger partial charge in [-0.1, -0.05) is 0 Å². The van der Waals surface area contributed by atoms with E-state index in [4.69, 9.17) is 0 Å². The molecule has 0 saturated heterocycles. The van der Waals surface area contributed by atoms with Crippen molar-refractivity contribution in [3.8, 4) is 0 Å². The number of rotatable bonds is 1. The quantitative estimate of drug-likeness (QED) is 0.569. The van der Waals surface area contributed by atoms with E-state index in [1.807, 2.05) is 6.26 Å². The van der Waals surface area contributed by atoms with Crippen molar-refractivity contribution in [1.82, 2.24) is 0 Å². The molecule has 0 aliphatic rings. The van der Waals surface area contributed by atoms with Crippen LogP contribution in [0.15, 0.2) is 27.3 Å². The summed E-state index contributed by atoms with van der Waals surface area (Å²) in [6, 6.07) is 4.85. The second-order valence-electron chi connectivity index (χ2n) is 2.58. The van der Waals surface area contributed by atoms with Crippen LogP contribution in [0.5, 0.6) is 0 Å². The van der Waals surface area contributed by atoms with E-state index in [2.05, 4.69) is 12.6 Å². The van der Waals surface area contributed by atoms with Crippen LogP contribution in [-0.2, 0) is 0 Å². The molecule has 2 rings (SSSR count). The zero-order valence-corrected chi connectivity index (χ0v) is 9.40. The van der Waals surface area contributed by atoms with E-state index in [-0.39, 0.29) is 5.82 Å². The Bertz CT molecular complexity index is 447. The van der Waals surface area contributed by atoms with Gasteiger partial charge in [0.15, 0.2) is 0 Å². The van der Waals surface area contributed by atoms with Crippen LogP contribution in [0, 0.1) is 5.82 Å². The Kier molecular flexibility index (Phi) is 2.53. The van der Waals surface area contributed by atoms with E-state index in [9.17, 15) is 4.39 Å². The summed E-state index contributed by atoms with van der Waals surface area (Å²) in [6.45, 7) is 0. The topological polar surface area (TPSA) is 0 Å². The average molecular weight is 230 g/mol. The van der Waals surface area contributed by atoms with Crippen molar-refractivity contribution in [2.75, 3.05) is 6.26 Å². The number of benzene rings is 1. The molecule has 0 aliphatic heterocycles. The summed E-state index contributed by atoms with van der Waals surface area (Å²) in [4.78, 5) is 1.07. The van der Waals surface area contributed by atoms with Crippen LogP contribution in [-0.4, -0.2) is 6.26 Å². The predicted octanol–water partition coefficient (Wildman–Crippen LogP) is 4.05. The number of thiol groups is 1. The molecule has 0 bridgehead atoms. The monoisotopic (exact) mass is 230 g/mol. The maximum absolute atomic E-state index is 12.9. The minimum absolute atomic E-state index is 0.186. The maximum atomic E-state index is 12.9. The molecule has 2 aromatic rings. The van der Waals surface area contributed by atoms with E-state index in [0.29, 0.717) is 0 Å². The van der Waals surface area contributed by atoms with E-state index >= 15 is 0 Å². The summed E-state index contributed by atoms with van der Waals surface area (Å²) >= 11 is 7.54. The summed E-state index contributed by atoms with van der Waals surface area (Å²) in [7, 11) is 0. The van der Waals surface area contributed by atoms with Gasteiger partial charge in [0.2, 0.25) is 0 Å². The highest BCUT2D eigenvalue weighted by Gasteiger charge is 2.08. The van der Waals surface area contributed by atoms with Crippen LogP contribution in [0.1, 0.15) is 0 Å². The fraction of sp³-hybridized carbons (Fsp3) is 0.111. The third kappa shape index (κ3) is 1.58. The number of thioether (sulfide) groups is 1. The number of hydrogen-bond acceptors (Lipinski definition) is 3. The van der Waals surface area contributed by atoms with Crippen molar-refractivity contribution in [2.24, 2.45) is 0 Å². The molecule has 0 unspecified atom stereocenters. The van der Waals surface area contributed by atoms with Crippen molar-refractivity contribution in [3.05, 3.63) is 24.0 Å². The molecule has 0 nitrogen and oxygen atoms in total. The number of fused-ring (bicyclic) bond motifs is 1. The number of hydrogen-bond donors (Lipinski definition) is 1. The fourth-order valence-electron chi connectivity index (χ4n) is 1.23. The second-order valence-corrected chi connectivity index (χ2v) is 5.20. The molecule has 0 spiro atoms. The van der Waals surface area contributed by atoms with Crippen LogP contribution in [0.3, 0.4) is 0 Å². The summed E-state index contributed by atoms with van der Waals surface area (Å²) < 4.78 is 15.0. The van der Waals surface area contributed by atoms with Crippen molar-refractivity contribution < 1.29 is 4.39 Å². The van der Waals surface area contributed by atoms with Gasteiger partial charge in [-0.15, -0.1) is 35.7 Å². The van der Waals surface area contributed by atoms with E-state index in [1.165, 1.54) is 6.07 Å². The first-order valence-corrected chi connectivity index (χ1v) is 6.16. The Morgan fingerprint density at radius 3 is 2.92 bits per heavy atom. The molecule has 0 amide bonds. The van der Waals surface area contributed by atoms with Crippen molar-refractivity contribution in [2.45, 2.75) is 9.10 Å². The molecule has 1 aromatic heterocycles. The molecule has 1 heterocycles. The smallest absolute Gasteiger partial charge is 0.123 e. The third-order valence-electron chi connectivity index (χ3n) is 1.79. The van der Waals surface area contributed by atoms with Gasteiger partial charge in [0.25, 0.3) is 0 Å². The molecule has 0 aliphatic carbocycles. The summed E-state index contributed by atoms with van der Waals surface area (Å²) in [5.41, 5.74) is 0. The third-order valence-corrected chi connectivity index (χ3v) is 4.37. The molecule has 0 fully saturated rings. The van der Waals surface area contributed by atoms with Crippen LogP contribution in [0.25, 0.3) is 10.1 Å². The zero-order chi connectivity index (χ0) is 9.42. The Labute approximate surface area is 89.6 Å². The first kappa shape index (κ1) is 9.37. The summed E-state index contributed by atoms with van der Waals surface area (Å²) in [5, 5.41) is 0.975. The highest BCUT2D eigenvalue weighted by Crippen LogP contribution is 2.39. The summed E-state index contributed by atoms with van der Waals surface area (Å²) in [6.07, 6.45) is 1.98. The van der Waals surface area contributed by atoms with Crippen LogP contribution >= 0.6 is 35.7 Å². The van der Waals surface area contributed by atoms with E-state index in [1.54, 1.807) is 35.2 Å². The van der Waals surface area contributed by atoms with E-state index < -0.39 is 0 Å². The lowest BCUT2D eigenvalue weighted by molar-refractivity contribution is 0.629. The fourth-order valence-corrected chi connectivity index (χ4v) is 3.74. The van der Waals surface area contributed by atoms with Crippen LogP contribution < -0.4 is 0 Å². The number of thiophene rings is 1. The molecular weight excluding hydrogens is 223 g/mol. The van der Waals surface area contributed by atoms with Gasteiger partial charge in [-0.3, -0.25) is 0 Å². The highest BCUT2D eigenvalue weighted by molar-refractivity contribution is 7.99. The maximum Gasteiger partial charge on any atom is 0.123 e. The highest BCUT2D eigenvalue weighted by atomic mass is 32.2. The standard InChI is InChI=1S/C9H7FS3/c1-12-8-6-4-5(10)2-3-7(6)13-9(8)11/h2-4,11H,1H3. The molecular formula is C9H7FS3. The SMILES string of the molecule is CSc1c(S)sc2ccc(F)cc12. The molecule has 0 atom stereocenters. The average Bonchev–Trinajstić information content (AvgIpc) is 2.40. The van der Waals surface area contributed by atoms with Gasteiger partial charge in [-0.2, -0.15) is 0 Å². The molecule has 13 heavy (non-hydrogen) atoms. The normalized spacial score (nSPS) is 11.0. The largest absolute Gasteiger partial charge is 0.207 e. The molecule has 0 saturated carbocycles. The van der Waals surface area contributed by atoms with Gasteiger partial charge in [-0.25, -0.2) is 4.39 Å². The van der Waals surface area contributed by atoms with Crippen LogP contribution in [0.2, 0.25) is 0 Å². The molecule has 0 N–H and O–H groups in total. The number of halogens is 1. The van der Waals surface area contributed by atoms with Crippen molar-refractivity contribution in [3.63, 3.8) is 0 Å². The lowest BCUT2D eigenvalue weighted by atomic mass is 10.2. The Morgan fingerprint density at radius 2 is 2.23 bits per heavy atom. The van der Waals surface area contributed by atoms with E-state index in [0.717, 1.165) is 19.2 Å². The summed E-state index contributed by atoms with van der Waals surface area (Å²) in [5.74, 6) is -0.186. The second kappa shape index (κ2) is 3.52. The van der Waals surface area contributed by atoms with Gasteiger partial charge in [0.05, 0.1) is 4.21 Å². The van der Waals surface area contributed by atoms with Gasteiger partial charge in [-0.05, 0) is 24.5 Å². The molecule has 68 valence electrons. The minimum atomic E-state index is -0.186. The molecule has 1 aromatic carbocycles. The van der Waals surface area contributed by atoms with Crippen LogP contribution in [0.4, 0.5) is 4.39 Å². The van der Waals surface area contributed by atoms with Gasteiger partial charge in [0, 0.05) is 15.0 Å². The predicted molar refractivity (Wildman–Crippen MR) is 60.8 cm³/mol. The van der Waals surface area contributed by atoms with Gasteiger partial charge in [0.1, 0.15) is 5.82 Å². The molecule has 0 radical (unpaired) electrons. The molecule has 4 heteroatoms.